The number of methoxy groups -OCH3 is 1. The third-order valence-corrected chi connectivity index (χ3v) is 4.44. The van der Waals surface area contributed by atoms with Gasteiger partial charge in [0.2, 0.25) is 5.91 Å². The summed E-state index contributed by atoms with van der Waals surface area (Å²) in [6.45, 7) is 0. The molecule has 0 atom stereocenters. The normalized spacial score (nSPS) is 13.8. The third kappa shape index (κ3) is 2.94. The van der Waals surface area contributed by atoms with Gasteiger partial charge in [0.1, 0.15) is 17.1 Å². The van der Waals surface area contributed by atoms with Gasteiger partial charge in [-0.15, -0.1) is 5.10 Å². The molecule has 2 heterocycles. The first-order chi connectivity index (χ1) is 12.6. The van der Waals surface area contributed by atoms with Crippen molar-refractivity contribution in [2.24, 2.45) is 12.8 Å². The van der Waals surface area contributed by atoms with Crippen LogP contribution < -0.4 is 10.5 Å². The molecule has 0 bridgehead atoms. The second kappa shape index (κ2) is 6.29. The quantitative estimate of drug-likeness (QED) is 0.726. The number of hydrogen-bond acceptors (Lipinski definition) is 5. The molecule has 8 heteroatoms. The molecule has 1 amide bonds. The van der Waals surface area contributed by atoms with Crippen molar-refractivity contribution in [1.82, 2.24) is 24.5 Å². The van der Waals surface area contributed by atoms with E-state index in [1.165, 1.54) is 18.5 Å². The molecule has 4 rings (SSSR count). The number of aromatic nitrogens is 5. The fraction of sp³-hybridized carbons (Fsp3) is 0.333. The lowest BCUT2D eigenvalue weighted by Crippen LogP contribution is -2.14. The zero-order chi connectivity index (χ0) is 18.3. The van der Waals surface area contributed by atoms with E-state index in [2.05, 4.69) is 15.2 Å². The maximum absolute atomic E-state index is 11.3. The van der Waals surface area contributed by atoms with Gasteiger partial charge < -0.3 is 10.5 Å². The maximum Gasteiger partial charge on any atom is 0.225 e. The number of benzene rings is 1. The maximum atomic E-state index is 11.3. The molecule has 26 heavy (non-hydrogen) atoms. The van der Waals surface area contributed by atoms with Crippen LogP contribution >= 0.6 is 0 Å². The summed E-state index contributed by atoms with van der Waals surface area (Å²) in [5, 5.41) is 9.09. The first kappa shape index (κ1) is 16.3. The van der Waals surface area contributed by atoms with Gasteiger partial charge in [-0.25, -0.2) is 9.67 Å². The van der Waals surface area contributed by atoms with Gasteiger partial charge >= 0.3 is 0 Å². The molecule has 0 saturated heterocycles. The van der Waals surface area contributed by atoms with Crippen molar-refractivity contribution in [3.63, 3.8) is 0 Å². The van der Waals surface area contributed by atoms with Crippen LogP contribution in [0.15, 0.2) is 30.3 Å². The fourth-order valence-electron chi connectivity index (χ4n) is 3.08. The van der Waals surface area contributed by atoms with Gasteiger partial charge in [-0.2, -0.15) is 5.10 Å². The molecule has 1 aromatic carbocycles. The molecule has 0 radical (unpaired) electrons. The van der Waals surface area contributed by atoms with Crippen LogP contribution in [-0.4, -0.2) is 37.6 Å². The number of nitrogens with two attached hydrogens (primary N) is 1. The number of nitrogens with zero attached hydrogens (tertiary/aromatic N) is 5. The molecular formula is C18H20N6O2. The second-order valence-corrected chi connectivity index (χ2v) is 6.43. The number of carbonyl (C=O) groups excluding carboxylic acids is 1. The minimum atomic E-state index is -0.478. The summed E-state index contributed by atoms with van der Waals surface area (Å²) in [5.74, 6) is 1.66. The van der Waals surface area contributed by atoms with Crippen LogP contribution in [0.5, 0.6) is 5.75 Å². The van der Waals surface area contributed by atoms with Gasteiger partial charge in [-0.1, -0.05) is 12.1 Å². The van der Waals surface area contributed by atoms with E-state index in [9.17, 15) is 4.79 Å². The molecule has 1 aliphatic carbocycles. The number of para-hydroxylation sites is 2. The van der Waals surface area contributed by atoms with E-state index in [1.807, 2.05) is 42.1 Å². The Balaban J connectivity index is 1.86. The zero-order valence-corrected chi connectivity index (χ0v) is 14.7. The molecule has 2 aromatic heterocycles. The second-order valence-electron chi connectivity index (χ2n) is 6.43. The smallest absolute Gasteiger partial charge is 0.225 e. The molecule has 2 N–H and O–H groups in total. The molecule has 0 spiro atoms. The Bertz CT molecular complexity index is 970. The monoisotopic (exact) mass is 352 g/mol. The highest BCUT2D eigenvalue weighted by molar-refractivity contribution is 5.75. The molecule has 3 aromatic rings. The van der Waals surface area contributed by atoms with Crippen molar-refractivity contribution in [2.75, 3.05) is 7.11 Å². The number of aryl methyl sites for hydroxylation is 1. The predicted octanol–water partition coefficient (Wildman–Crippen LogP) is 1.58. The van der Waals surface area contributed by atoms with E-state index in [0.717, 1.165) is 5.69 Å². The average Bonchev–Trinajstić information content (AvgIpc) is 3.27. The topological polar surface area (TPSA) is 101 Å². The third-order valence-electron chi connectivity index (χ3n) is 4.44. The summed E-state index contributed by atoms with van der Waals surface area (Å²) in [5.41, 5.74) is 7.95. The fourth-order valence-corrected chi connectivity index (χ4v) is 3.08. The van der Waals surface area contributed by atoms with E-state index < -0.39 is 5.91 Å². The summed E-state index contributed by atoms with van der Waals surface area (Å²) in [6.07, 6.45) is 2.34. The van der Waals surface area contributed by atoms with Gasteiger partial charge in [0, 0.05) is 18.7 Å². The van der Waals surface area contributed by atoms with E-state index >= 15 is 0 Å². The summed E-state index contributed by atoms with van der Waals surface area (Å²) >= 11 is 0. The van der Waals surface area contributed by atoms with Crippen LogP contribution in [0.3, 0.4) is 0 Å². The molecule has 1 aliphatic rings. The van der Waals surface area contributed by atoms with Crippen LogP contribution in [0.1, 0.15) is 30.3 Å². The summed E-state index contributed by atoms with van der Waals surface area (Å²) < 4.78 is 9.01. The Morgan fingerprint density at radius 1 is 1.31 bits per heavy atom. The van der Waals surface area contributed by atoms with Gasteiger partial charge in [0.25, 0.3) is 0 Å². The Kier molecular flexibility index (Phi) is 3.95. The van der Waals surface area contributed by atoms with Crippen molar-refractivity contribution >= 4 is 5.91 Å². The lowest BCUT2D eigenvalue weighted by atomic mass is 10.2. The molecule has 134 valence electrons. The van der Waals surface area contributed by atoms with E-state index in [4.69, 9.17) is 10.5 Å². The molecule has 1 fully saturated rings. The minimum Gasteiger partial charge on any atom is -0.494 e. The molecule has 8 nitrogen and oxygen atoms in total. The Morgan fingerprint density at radius 3 is 2.77 bits per heavy atom. The van der Waals surface area contributed by atoms with Crippen molar-refractivity contribution in [2.45, 2.75) is 25.2 Å². The number of amides is 1. The van der Waals surface area contributed by atoms with Crippen molar-refractivity contribution in [1.29, 1.82) is 0 Å². The van der Waals surface area contributed by atoms with Crippen LogP contribution in [0.25, 0.3) is 17.2 Å². The lowest BCUT2D eigenvalue weighted by Gasteiger charge is -2.09. The van der Waals surface area contributed by atoms with Crippen LogP contribution in [0, 0.1) is 0 Å². The van der Waals surface area contributed by atoms with Crippen LogP contribution in [-0.2, 0) is 18.3 Å². The number of rotatable bonds is 6. The van der Waals surface area contributed by atoms with Crippen molar-refractivity contribution in [3.8, 4) is 23.0 Å². The first-order valence-corrected chi connectivity index (χ1v) is 8.48. The van der Waals surface area contributed by atoms with Crippen LogP contribution in [0.2, 0.25) is 0 Å². The summed E-state index contributed by atoms with van der Waals surface area (Å²) in [6, 6.07) is 9.56. The number of carbonyl (C=O) groups is 1. The highest BCUT2D eigenvalue weighted by atomic mass is 16.5. The minimum absolute atomic E-state index is 0.0303. The first-order valence-electron chi connectivity index (χ1n) is 8.48. The Hall–Kier alpha value is -3.16. The van der Waals surface area contributed by atoms with Gasteiger partial charge in [0.15, 0.2) is 11.6 Å². The van der Waals surface area contributed by atoms with Crippen molar-refractivity contribution < 1.29 is 9.53 Å². The predicted molar refractivity (Wildman–Crippen MR) is 95.0 cm³/mol. The molecule has 0 aliphatic heterocycles. The van der Waals surface area contributed by atoms with Gasteiger partial charge in [-0.3, -0.25) is 9.48 Å². The number of primary amides is 1. The standard InChI is InChI=1S/C18H20N6O2/c1-23-14(11-7-8-11)9-12(21-23)18-20-17(10-16(19)25)22-24(18)13-5-3-4-6-15(13)26-2/h3-6,9,11H,7-8,10H2,1-2H3,(H2,19,25). The highest BCUT2D eigenvalue weighted by Gasteiger charge is 2.29. The van der Waals surface area contributed by atoms with Gasteiger partial charge in [-0.05, 0) is 31.0 Å². The Morgan fingerprint density at radius 2 is 2.08 bits per heavy atom. The van der Waals surface area contributed by atoms with E-state index in [-0.39, 0.29) is 6.42 Å². The average molecular weight is 352 g/mol. The number of hydrogen-bond donors (Lipinski definition) is 1. The van der Waals surface area contributed by atoms with Crippen molar-refractivity contribution in [3.05, 3.63) is 41.9 Å². The van der Waals surface area contributed by atoms with E-state index in [0.29, 0.717) is 29.0 Å². The Labute approximate surface area is 150 Å². The molecular weight excluding hydrogens is 332 g/mol. The largest absolute Gasteiger partial charge is 0.494 e. The lowest BCUT2D eigenvalue weighted by molar-refractivity contribution is -0.117. The molecule has 0 unspecified atom stereocenters. The van der Waals surface area contributed by atoms with Gasteiger partial charge in [0.05, 0.1) is 13.5 Å². The van der Waals surface area contributed by atoms with E-state index in [1.54, 1.807) is 11.8 Å². The highest BCUT2D eigenvalue weighted by Crippen LogP contribution is 2.41. The summed E-state index contributed by atoms with van der Waals surface area (Å²) in [4.78, 5) is 15.9. The summed E-state index contributed by atoms with van der Waals surface area (Å²) in [7, 11) is 3.54. The zero-order valence-electron chi connectivity index (χ0n) is 14.7. The number of ether oxygens (including phenoxy) is 1. The SMILES string of the molecule is COc1ccccc1-n1nc(CC(N)=O)nc1-c1cc(C2CC2)n(C)n1. The van der Waals surface area contributed by atoms with Crippen LogP contribution in [0.4, 0.5) is 0 Å². The molecule has 1 saturated carbocycles.